The van der Waals surface area contributed by atoms with E-state index in [-0.39, 0.29) is 24.2 Å². The number of methoxy groups -OCH3 is 1. The normalized spacial score (nSPS) is 16.1. The van der Waals surface area contributed by atoms with Gasteiger partial charge in [0.2, 0.25) is 11.8 Å². The van der Waals surface area contributed by atoms with Crippen LogP contribution in [-0.4, -0.2) is 53.5 Å². The Morgan fingerprint density at radius 2 is 2.17 bits per heavy atom. The minimum Gasteiger partial charge on any atom is -0.383 e. The number of rotatable bonds is 7. The number of thiazole rings is 1. The molecule has 3 heterocycles. The Kier molecular flexibility index (Phi) is 6.15. The lowest BCUT2D eigenvalue weighted by atomic mass is 10.1. The maximum absolute atomic E-state index is 12.7. The first-order chi connectivity index (χ1) is 14.6. The van der Waals surface area contributed by atoms with E-state index >= 15 is 0 Å². The number of nitrogens with zero attached hydrogens (tertiary/aromatic N) is 3. The average molecular weight is 423 g/mol. The number of carbonyl (C=O) groups is 2. The smallest absolute Gasteiger partial charge is 0.229 e. The van der Waals surface area contributed by atoms with Gasteiger partial charge in [0.1, 0.15) is 5.01 Å². The monoisotopic (exact) mass is 422 g/mol. The van der Waals surface area contributed by atoms with Gasteiger partial charge in [-0.1, -0.05) is 12.1 Å². The number of anilines is 1. The summed E-state index contributed by atoms with van der Waals surface area (Å²) in [7, 11) is 1.60. The minimum absolute atomic E-state index is 0.00800. The molecule has 7 nitrogen and oxygen atoms in total. The van der Waals surface area contributed by atoms with Crippen molar-refractivity contribution >= 4 is 28.8 Å². The highest BCUT2D eigenvalue weighted by molar-refractivity contribution is 7.13. The van der Waals surface area contributed by atoms with Crippen LogP contribution in [0.3, 0.4) is 0 Å². The van der Waals surface area contributed by atoms with E-state index in [1.165, 1.54) is 0 Å². The lowest BCUT2D eigenvalue weighted by Crippen LogP contribution is -2.30. The Hall–Kier alpha value is -3.10. The third-order valence-electron chi connectivity index (χ3n) is 4.99. The van der Waals surface area contributed by atoms with Crippen LogP contribution in [0.25, 0.3) is 21.8 Å². The molecule has 1 aromatic carbocycles. The second-order valence-corrected chi connectivity index (χ2v) is 7.94. The molecule has 1 N–H and O–H groups in total. The maximum Gasteiger partial charge on any atom is 0.229 e. The molecule has 1 fully saturated rings. The summed E-state index contributed by atoms with van der Waals surface area (Å²) in [5.41, 5.74) is 3.43. The molecule has 0 bridgehead atoms. The number of pyridine rings is 1. The summed E-state index contributed by atoms with van der Waals surface area (Å²) < 4.78 is 5.03. The van der Waals surface area contributed by atoms with Crippen molar-refractivity contribution in [1.29, 1.82) is 0 Å². The molecule has 0 spiro atoms. The molecule has 30 heavy (non-hydrogen) atoms. The lowest BCUT2D eigenvalue weighted by molar-refractivity contribution is -0.128. The molecule has 1 aliphatic heterocycles. The fraction of sp³-hybridized carbons (Fsp3) is 0.273. The molecule has 154 valence electrons. The van der Waals surface area contributed by atoms with Crippen LogP contribution in [0.5, 0.6) is 0 Å². The van der Waals surface area contributed by atoms with Gasteiger partial charge in [-0.15, -0.1) is 11.3 Å². The summed E-state index contributed by atoms with van der Waals surface area (Å²) in [5, 5.41) is 5.84. The molecule has 1 aliphatic rings. The predicted octanol–water partition coefficient (Wildman–Crippen LogP) is 3.31. The fourth-order valence-electron chi connectivity index (χ4n) is 3.39. The summed E-state index contributed by atoms with van der Waals surface area (Å²) in [4.78, 5) is 35.3. The van der Waals surface area contributed by atoms with Gasteiger partial charge in [0.15, 0.2) is 0 Å². The van der Waals surface area contributed by atoms with Crippen LogP contribution in [0.4, 0.5) is 5.69 Å². The zero-order valence-electron chi connectivity index (χ0n) is 16.6. The third-order valence-corrected chi connectivity index (χ3v) is 5.88. The molecule has 8 heteroatoms. The van der Waals surface area contributed by atoms with Crippen LogP contribution in [0.15, 0.2) is 54.2 Å². The van der Waals surface area contributed by atoms with Crippen LogP contribution in [0.2, 0.25) is 0 Å². The SMILES string of the molecule is COCCN1CC(C(=O)Nc2cccc(-c3csc(-c4cccnc4)n3)c2)CC1=O. The van der Waals surface area contributed by atoms with E-state index in [1.54, 1.807) is 35.7 Å². The lowest BCUT2D eigenvalue weighted by Gasteiger charge is -2.16. The van der Waals surface area contributed by atoms with E-state index in [2.05, 4.69) is 10.3 Å². The van der Waals surface area contributed by atoms with Gasteiger partial charge in [-0.25, -0.2) is 4.98 Å². The van der Waals surface area contributed by atoms with Crippen molar-refractivity contribution in [2.75, 3.05) is 32.1 Å². The molecule has 0 radical (unpaired) electrons. The largest absolute Gasteiger partial charge is 0.383 e. The summed E-state index contributed by atoms with van der Waals surface area (Å²) in [6, 6.07) is 11.5. The Labute approximate surface area is 178 Å². The Morgan fingerprint density at radius 3 is 2.97 bits per heavy atom. The zero-order chi connectivity index (χ0) is 20.9. The molecule has 0 aliphatic carbocycles. The van der Waals surface area contributed by atoms with E-state index in [9.17, 15) is 9.59 Å². The van der Waals surface area contributed by atoms with Crippen molar-refractivity contribution in [2.45, 2.75) is 6.42 Å². The van der Waals surface area contributed by atoms with Crippen LogP contribution >= 0.6 is 11.3 Å². The van der Waals surface area contributed by atoms with Gasteiger partial charge >= 0.3 is 0 Å². The van der Waals surface area contributed by atoms with E-state index in [4.69, 9.17) is 9.72 Å². The number of hydrogen-bond donors (Lipinski definition) is 1. The summed E-state index contributed by atoms with van der Waals surface area (Å²) in [6.45, 7) is 1.41. The first-order valence-electron chi connectivity index (χ1n) is 9.68. The number of likely N-dealkylation sites (tertiary alicyclic amines) is 1. The van der Waals surface area contributed by atoms with Crippen LogP contribution in [-0.2, 0) is 14.3 Å². The van der Waals surface area contributed by atoms with Gasteiger partial charge < -0.3 is 15.0 Å². The number of hydrogen-bond acceptors (Lipinski definition) is 6. The van der Waals surface area contributed by atoms with Gasteiger partial charge in [-0.3, -0.25) is 14.6 Å². The molecule has 1 saturated heterocycles. The van der Waals surface area contributed by atoms with E-state index < -0.39 is 0 Å². The third kappa shape index (κ3) is 4.55. The first-order valence-corrected chi connectivity index (χ1v) is 10.6. The number of ether oxygens (including phenoxy) is 1. The molecule has 4 rings (SSSR count). The average Bonchev–Trinajstić information content (AvgIpc) is 3.40. The van der Waals surface area contributed by atoms with Crippen molar-refractivity contribution in [3.05, 3.63) is 54.2 Å². The summed E-state index contributed by atoms with van der Waals surface area (Å²) in [6.07, 6.45) is 3.76. The van der Waals surface area contributed by atoms with Crippen LogP contribution in [0, 0.1) is 5.92 Å². The first kappa shape index (κ1) is 20.2. The topological polar surface area (TPSA) is 84.4 Å². The molecule has 3 aromatic rings. The fourth-order valence-corrected chi connectivity index (χ4v) is 4.21. The highest BCUT2D eigenvalue weighted by atomic mass is 32.1. The highest BCUT2D eigenvalue weighted by Gasteiger charge is 2.34. The number of carbonyl (C=O) groups excluding carboxylic acids is 2. The predicted molar refractivity (Wildman–Crippen MR) is 116 cm³/mol. The number of amides is 2. The Bertz CT molecular complexity index is 1040. The van der Waals surface area contributed by atoms with E-state index in [1.807, 2.05) is 41.8 Å². The van der Waals surface area contributed by atoms with Gasteiger partial charge in [0, 0.05) is 61.2 Å². The van der Waals surface area contributed by atoms with Crippen molar-refractivity contribution < 1.29 is 14.3 Å². The molecular formula is C22H22N4O3S. The number of nitrogens with one attached hydrogen (secondary N) is 1. The number of benzene rings is 1. The molecule has 0 saturated carbocycles. The van der Waals surface area contributed by atoms with Gasteiger partial charge in [0.05, 0.1) is 18.2 Å². The second-order valence-electron chi connectivity index (χ2n) is 7.08. The van der Waals surface area contributed by atoms with Gasteiger partial charge in [-0.05, 0) is 24.3 Å². The van der Waals surface area contributed by atoms with Crippen LogP contribution < -0.4 is 5.32 Å². The van der Waals surface area contributed by atoms with Crippen molar-refractivity contribution in [3.8, 4) is 21.8 Å². The summed E-state index contributed by atoms with van der Waals surface area (Å²) in [5.74, 6) is -0.504. The van der Waals surface area contributed by atoms with Crippen molar-refractivity contribution in [2.24, 2.45) is 5.92 Å². The Balaban J connectivity index is 1.44. The van der Waals surface area contributed by atoms with E-state index in [0.29, 0.717) is 25.4 Å². The summed E-state index contributed by atoms with van der Waals surface area (Å²) >= 11 is 1.55. The maximum atomic E-state index is 12.7. The molecule has 2 aromatic heterocycles. The Morgan fingerprint density at radius 1 is 1.30 bits per heavy atom. The van der Waals surface area contributed by atoms with E-state index in [0.717, 1.165) is 21.8 Å². The highest BCUT2D eigenvalue weighted by Crippen LogP contribution is 2.30. The zero-order valence-corrected chi connectivity index (χ0v) is 17.4. The van der Waals surface area contributed by atoms with Gasteiger partial charge in [0.25, 0.3) is 0 Å². The molecule has 1 atom stereocenters. The molecule has 1 unspecified atom stereocenters. The standard InChI is InChI=1S/C22H22N4O3S/c1-29-9-8-26-13-17(11-20(26)27)21(28)24-18-6-2-4-15(10-18)19-14-30-22(25-19)16-5-3-7-23-12-16/h2-7,10,12,14,17H,8-9,11,13H2,1H3,(H,24,28). The molecule has 2 amide bonds. The second kappa shape index (κ2) is 9.15. The van der Waals surface area contributed by atoms with Crippen molar-refractivity contribution in [1.82, 2.24) is 14.9 Å². The number of aromatic nitrogens is 2. The van der Waals surface area contributed by atoms with Gasteiger partial charge in [-0.2, -0.15) is 0 Å². The van der Waals surface area contributed by atoms with Crippen LogP contribution in [0.1, 0.15) is 6.42 Å². The minimum atomic E-state index is -0.352. The molecular weight excluding hydrogens is 400 g/mol. The quantitative estimate of drug-likeness (QED) is 0.632. The van der Waals surface area contributed by atoms with Crippen molar-refractivity contribution in [3.63, 3.8) is 0 Å².